The van der Waals surface area contributed by atoms with E-state index in [2.05, 4.69) is 9.97 Å². The summed E-state index contributed by atoms with van der Waals surface area (Å²) >= 11 is 0. The summed E-state index contributed by atoms with van der Waals surface area (Å²) in [5.74, 6) is 0.610. The summed E-state index contributed by atoms with van der Waals surface area (Å²) in [6.07, 6.45) is 3.68. The van der Waals surface area contributed by atoms with E-state index in [9.17, 15) is 10.1 Å². The van der Waals surface area contributed by atoms with Crippen molar-refractivity contribution in [2.24, 2.45) is 0 Å². The van der Waals surface area contributed by atoms with Crippen molar-refractivity contribution in [1.82, 2.24) is 9.97 Å². The highest BCUT2D eigenvalue weighted by molar-refractivity contribution is 5.75. The fraction of sp³-hybridized carbons (Fsp3) is 0.231. The van der Waals surface area contributed by atoms with E-state index in [1.807, 2.05) is 0 Å². The fourth-order valence-electron chi connectivity index (χ4n) is 1.85. The third kappa shape index (κ3) is 2.37. The van der Waals surface area contributed by atoms with Crippen LogP contribution in [0, 0.1) is 10.1 Å². The molecular weight excluding hydrogens is 260 g/mol. The number of hydrogen-bond donors (Lipinski definition) is 1. The third-order valence-corrected chi connectivity index (χ3v) is 2.99. The number of rotatable bonds is 4. The first-order valence-electron chi connectivity index (χ1n) is 6.17. The number of nitrogens with two attached hydrogens (primary N) is 1. The van der Waals surface area contributed by atoms with Gasteiger partial charge in [0.15, 0.2) is 5.69 Å². The second-order valence-electron chi connectivity index (χ2n) is 4.55. The summed E-state index contributed by atoms with van der Waals surface area (Å²) in [5.41, 5.74) is 6.09. The normalized spacial score (nSPS) is 14.0. The molecule has 1 aromatic carbocycles. The van der Waals surface area contributed by atoms with Gasteiger partial charge >= 0.3 is 5.69 Å². The van der Waals surface area contributed by atoms with Gasteiger partial charge in [0.05, 0.1) is 11.0 Å². The molecule has 1 aliphatic rings. The van der Waals surface area contributed by atoms with Crippen LogP contribution in [0.2, 0.25) is 0 Å². The minimum atomic E-state index is -0.570. The van der Waals surface area contributed by atoms with Crippen molar-refractivity contribution in [3.05, 3.63) is 40.7 Å². The number of ether oxygens (including phenoxy) is 1. The van der Waals surface area contributed by atoms with Crippen LogP contribution < -0.4 is 10.5 Å². The van der Waals surface area contributed by atoms with Crippen molar-refractivity contribution >= 4 is 11.5 Å². The van der Waals surface area contributed by atoms with Gasteiger partial charge in [0.1, 0.15) is 12.1 Å². The van der Waals surface area contributed by atoms with Crippen molar-refractivity contribution in [1.29, 1.82) is 0 Å². The predicted molar refractivity (Wildman–Crippen MR) is 72.2 cm³/mol. The number of benzene rings is 1. The van der Waals surface area contributed by atoms with Gasteiger partial charge in [-0.2, -0.15) is 0 Å². The Balaban J connectivity index is 1.95. The maximum atomic E-state index is 11.1. The van der Waals surface area contributed by atoms with E-state index in [4.69, 9.17) is 10.5 Å². The van der Waals surface area contributed by atoms with Crippen LogP contribution in [0.5, 0.6) is 5.75 Å². The van der Waals surface area contributed by atoms with Gasteiger partial charge in [0.2, 0.25) is 5.82 Å². The lowest BCUT2D eigenvalue weighted by Gasteiger charge is -2.06. The van der Waals surface area contributed by atoms with Crippen molar-refractivity contribution in [3.63, 3.8) is 0 Å². The Morgan fingerprint density at radius 1 is 1.25 bits per heavy atom. The third-order valence-electron chi connectivity index (χ3n) is 2.99. The smallest absolute Gasteiger partial charge is 0.337 e. The summed E-state index contributed by atoms with van der Waals surface area (Å²) in [6, 6.07) is 7.00. The Morgan fingerprint density at radius 2 is 1.95 bits per heavy atom. The molecule has 0 saturated heterocycles. The molecule has 0 atom stereocenters. The Morgan fingerprint density at radius 3 is 2.55 bits per heavy atom. The Bertz CT molecular complexity index is 653. The molecule has 0 aliphatic heterocycles. The van der Waals surface area contributed by atoms with Crippen LogP contribution in [-0.2, 0) is 0 Å². The van der Waals surface area contributed by atoms with Gasteiger partial charge in [-0.15, -0.1) is 0 Å². The topological polar surface area (TPSA) is 104 Å². The van der Waals surface area contributed by atoms with Crippen LogP contribution in [0.4, 0.5) is 11.5 Å². The van der Waals surface area contributed by atoms with Crippen molar-refractivity contribution in [2.75, 3.05) is 5.73 Å². The number of nitro groups is 1. The molecule has 7 nitrogen and oxygen atoms in total. The molecule has 0 spiro atoms. The van der Waals surface area contributed by atoms with E-state index >= 15 is 0 Å². The zero-order chi connectivity index (χ0) is 14.1. The first kappa shape index (κ1) is 12.3. The molecule has 1 heterocycles. The molecule has 1 aliphatic carbocycles. The second kappa shape index (κ2) is 4.76. The van der Waals surface area contributed by atoms with Crippen molar-refractivity contribution in [2.45, 2.75) is 18.9 Å². The van der Waals surface area contributed by atoms with Gasteiger partial charge in [-0.25, -0.2) is 9.97 Å². The molecular formula is C13H12N4O3. The molecule has 1 saturated carbocycles. The number of anilines is 1. The van der Waals surface area contributed by atoms with E-state index in [0.29, 0.717) is 11.7 Å². The largest absolute Gasteiger partial charge is 0.490 e. The molecule has 0 bridgehead atoms. The monoisotopic (exact) mass is 272 g/mol. The highest BCUT2D eigenvalue weighted by Crippen LogP contribution is 2.33. The highest BCUT2D eigenvalue weighted by atomic mass is 16.6. The fourth-order valence-corrected chi connectivity index (χ4v) is 1.85. The number of hydrogen-bond acceptors (Lipinski definition) is 6. The first-order chi connectivity index (χ1) is 9.65. The molecule has 2 aromatic rings. The summed E-state index contributed by atoms with van der Waals surface area (Å²) in [7, 11) is 0. The van der Waals surface area contributed by atoms with E-state index in [0.717, 1.165) is 18.6 Å². The van der Waals surface area contributed by atoms with E-state index in [-0.39, 0.29) is 17.2 Å². The average molecular weight is 272 g/mol. The number of nitrogens with zero attached hydrogens (tertiary/aromatic N) is 3. The Labute approximate surface area is 114 Å². The van der Waals surface area contributed by atoms with E-state index in [1.165, 1.54) is 6.33 Å². The minimum absolute atomic E-state index is 0.140. The van der Waals surface area contributed by atoms with Gasteiger partial charge in [0.25, 0.3) is 0 Å². The van der Waals surface area contributed by atoms with Crippen LogP contribution >= 0.6 is 0 Å². The lowest BCUT2D eigenvalue weighted by Crippen LogP contribution is -2.02. The SMILES string of the molecule is Nc1ncnc(-c2ccc(OC3CC3)cc2)c1[N+](=O)[O-]. The molecule has 1 fully saturated rings. The molecule has 0 unspecified atom stereocenters. The van der Waals surface area contributed by atoms with Gasteiger partial charge in [-0.05, 0) is 37.1 Å². The van der Waals surface area contributed by atoms with Gasteiger partial charge < -0.3 is 10.5 Å². The minimum Gasteiger partial charge on any atom is -0.490 e. The van der Waals surface area contributed by atoms with Crippen molar-refractivity contribution in [3.8, 4) is 17.0 Å². The molecule has 7 heteroatoms. The second-order valence-corrected chi connectivity index (χ2v) is 4.55. The zero-order valence-corrected chi connectivity index (χ0v) is 10.5. The van der Waals surface area contributed by atoms with Crippen LogP contribution in [-0.4, -0.2) is 21.0 Å². The standard InChI is InChI=1S/C13H12N4O3/c14-13-12(17(18)19)11(15-7-16-13)8-1-3-9(4-2-8)20-10-5-6-10/h1-4,7,10H,5-6H2,(H2,14,15,16). The number of nitrogen functional groups attached to an aromatic ring is 1. The summed E-state index contributed by atoms with van der Waals surface area (Å²) in [6.45, 7) is 0. The zero-order valence-electron chi connectivity index (χ0n) is 10.5. The van der Waals surface area contributed by atoms with E-state index in [1.54, 1.807) is 24.3 Å². The first-order valence-corrected chi connectivity index (χ1v) is 6.17. The predicted octanol–water partition coefficient (Wildman–Crippen LogP) is 2.18. The lowest BCUT2D eigenvalue weighted by atomic mass is 10.1. The quantitative estimate of drug-likeness (QED) is 0.675. The molecule has 0 amide bonds. The Kier molecular flexibility index (Phi) is 2.94. The van der Waals surface area contributed by atoms with Gasteiger partial charge in [-0.3, -0.25) is 10.1 Å². The van der Waals surface area contributed by atoms with Crippen molar-refractivity contribution < 1.29 is 9.66 Å². The highest BCUT2D eigenvalue weighted by Gasteiger charge is 2.24. The number of aromatic nitrogens is 2. The van der Waals surface area contributed by atoms with Crippen LogP contribution in [0.1, 0.15) is 12.8 Å². The molecule has 2 N–H and O–H groups in total. The van der Waals surface area contributed by atoms with Gasteiger partial charge in [0, 0.05) is 5.56 Å². The summed E-state index contributed by atoms with van der Waals surface area (Å²) in [5, 5.41) is 11.1. The van der Waals surface area contributed by atoms with Crippen LogP contribution in [0.3, 0.4) is 0 Å². The molecule has 3 rings (SSSR count). The van der Waals surface area contributed by atoms with E-state index < -0.39 is 4.92 Å². The maximum absolute atomic E-state index is 11.1. The molecule has 0 radical (unpaired) electrons. The maximum Gasteiger partial charge on any atom is 0.337 e. The summed E-state index contributed by atoms with van der Waals surface area (Å²) in [4.78, 5) is 18.1. The van der Waals surface area contributed by atoms with Gasteiger partial charge in [-0.1, -0.05) is 0 Å². The summed E-state index contributed by atoms with van der Waals surface area (Å²) < 4.78 is 5.63. The Hall–Kier alpha value is -2.70. The molecule has 20 heavy (non-hydrogen) atoms. The lowest BCUT2D eigenvalue weighted by molar-refractivity contribution is -0.383. The average Bonchev–Trinajstić information content (AvgIpc) is 3.23. The molecule has 102 valence electrons. The molecule has 1 aromatic heterocycles. The van der Waals surface area contributed by atoms with Crippen LogP contribution in [0.15, 0.2) is 30.6 Å². The van der Waals surface area contributed by atoms with Crippen LogP contribution in [0.25, 0.3) is 11.3 Å².